The summed E-state index contributed by atoms with van der Waals surface area (Å²) in [5.74, 6) is -0.171. The first kappa shape index (κ1) is 23.2. The summed E-state index contributed by atoms with van der Waals surface area (Å²) in [6.07, 6.45) is 24.1. The third kappa shape index (κ3) is 14.8. The molecular weight excluding hydrogens is 294 g/mol. The number of rotatable bonds is 17. The maximum atomic E-state index is 11.2. The molecule has 24 heavy (non-hydrogen) atoms. The second kappa shape index (κ2) is 15.7. The lowest BCUT2D eigenvalue weighted by molar-refractivity contribution is -0.126. The number of hydrogen-bond donors (Lipinski definition) is 1. The van der Waals surface area contributed by atoms with Crippen LogP contribution in [0.3, 0.4) is 0 Å². The normalized spacial score (nSPS) is 12.1. The zero-order valence-electron chi connectivity index (χ0n) is 16.7. The number of hydrogen-bond acceptors (Lipinski definition) is 1. The standard InChI is InChI=1S/C22H43NO/c1-4-5-6-7-8-9-10-11-12-13-14-15-16-17-18-19-20-22(2,3)21(23)24/h11-12H,4-10,13-20H2,1-3H3,(H2,23,24). The fourth-order valence-electron chi connectivity index (χ4n) is 2.94. The molecule has 0 saturated carbocycles. The smallest absolute Gasteiger partial charge is 0.223 e. The lowest BCUT2D eigenvalue weighted by Crippen LogP contribution is -2.31. The third-order valence-electron chi connectivity index (χ3n) is 4.98. The molecule has 2 nitrogen and oxygen atoms in total. The van der Waals surface area contributed by atoms with E-state index in [0.717, 1.165) is 12.8 Å². The summed E-state index contributed by atoms with van der Waals surface area (Å²) in [5.41, 5.74) is 5.06. The Kier molecular flexibility index (Phi) is 15.2. The Hall–Kier alpha value is -0.790. The van der Waals surface area contributed by atoms with E-state index in [9.17, 15) is 4.79 Å². The molecular formula is C22H43NO. The molecule has 0 aromatic carbocycles. The van der Waals surface area contributed by atoms with Gasteiger partial charge < -0.3 is 5.73 Å². The van der Waals surface area contributed by atoms with Gasteiger partial charge in [0.2, 0.25) is 5.91 Å². The van der Waals surface area contributed by atoms with Crippen LogP contribution in [0.15, 0.2) is 12.2 Å². The van der Waals surface area contributed by atoms with Gasteiger partial charge in [-0.2, -0.15) is 0 Å². The van der Waals surface area contributed by atoms with E-state index in [0.29, 0.717) is 0 Å². The van der Waals surface area contributed by atoms with Gasteiger partial charge in [0.1, 0.15) is 0 Å². The first-order valence-electron chi connectivity index (χ1n) is 10.5. The molecule has 0 radical (unpaired) electrons. The fourth-order valence-corrected chi connectivity index (χ4v) is 2.94. The van der Waals surface area contributed by atoms with E-state index in [4.69, 9.17) is 5.73 Å². The maximum Gasteiger partial charge on any atom is 0.223 e. The first-order chi connectivity index (χ1) is 11.5. The second-order valence-corrected chi connectivity index (χ2v) is 7.94. The molecule has 0 spiro atoms. The van der Waals surface area contributed by atoms with Crippen LogP contribution in [-0.2, 0) is 4.79 Å². The predicted octanol–water partition coefficient (Wildman–Crippen LogP) is 6.93. The lowest BCUT2D eigenvalue weighted by atomic mass is 9.86. The van der Waals surface area contributed by atoms with Gasteiger partial charge in [0.15, 0.2) is 0 Å². The van der Waals surface area contributed by atoms with E-state index in [1.807, 2.05) is 13.8 Å². The summed E-state index contributed by atoms with van der Waals surface area (Å²) in [4.78, 5) is 11.2. The van der Waals surface area contributed by atoms with E-state index in [-0.39, 0.29) is 11.3 Å². The van der Waals surface area contributed by atoms with Crippen LogP contribution in [0.2, 0.25) is 0 Å². The molecule has 0 aromatic rings. The second-order valence-electron chi connectivity index (χ2n) is 7.94. The minimum atomic E-state index is -0.333. The lowest BCUT2D eigenvalue weighted by Gasteiger charge is -2.19. The summed E-state index contributed by atoms with van der Waals surface area (Å²) in [7, 11) is 0. The highest BCUT2D eigenvalue weighted by Crippen LogP contribution is 2.23. The van der Waals surface area contributed by atoms with Crippen molar-refractivity contribution in [3.63, 3.8) is 0 Å². The quantitative estimate of drug-likeness (QED) is 0.227. The molecule has 0 aromatic heterocycles. The fraction of sp³-hybridized carbons (Fsp3) is 0.864. The summed E-state index contributed by atoms with van der Waals surface area (Å²) in [6, 6.07) is 0. The van der Waals surface area contributed by atoms with E-state index in [2.05, 4.69) is 19.1 Å². The molecule has 0 unspecified atom stereocenters. The Bertz CT molecular complexity index is 320. The van der Waals surface area contributed by atoms with Crippen LogP contribution in [0.25, 0.3) is 0 Å². The van der Waals surface area contributed by atoms with Crippen molar-refractivity contribution in [1.29, 1.82) is 0 Å². The summed E-state index contributed by atoms with van der Waals surface area (Å²) in [5, 5.41) is 0. The van der Waals surface area contributed by atoms with Gasteiger partial charge in [-0.1, -0.05) is 97.1 Å². The van der Waals surface area contributed by atoms with Crippen molar-refractivity contribution < 1.29 is 4.79 Å². The topological polar surface area (TPSA) is 43.1 Å². The van der Waals surface area contributed by atoms with Gasteiger partial charge >= 0.3 is 0 Å². The Morgan fingerprint density at radius 3 is 1.62 bits per heavy atom. The van der Waals surface area contributed by atoms with Crippen LogP contribution in [-0.4, -0.2) is 5.91 Å². The highest BCUT2D eigenvalue weighted by Gasteiger charge is 2.23. The van der Waals surface area contributed by atoms with Crippen molar-refractivity contribution in [2.24, 2.45) is 11.1 Å². The Balaban J connectivity index is 3.25. The van der Waals surface area contributed by atoms with Crippen molar-refractivity contribution in [3.05, 3.63) is 12.2 Å². The monoisotopic (exact) mass is 337 g/mol. The Morgan fingerprint density at radius 2 is 1.17 bits per heavy atom. The molecule has 142 valence electrons. The van der Waals surface area contributed by atoms with Gasteiger partial charge in [0.25, 0.3) is 0 Å². The number of nitrogens with two attached hydrogens (primary N) is 1. The van der Waals surface area contributed by atoms with E-state index in [1.165, 1.54) is 83.5 Å². The van der Waals surface area contributed by atoms with Crippen LogP contribution in [0.1, 0.15) is 117 Å². The third-order valence-corrected chi connectivity index (χ3v) is 4.98. The zero-order chi connectivity index (χ0) is 18.1. The molecule has 0 rings (SSSR count). The number of primary amides is 1. The van der Waals surface area contributed by atoms with Gasteiger partial charge in [-0.25, -0.2) is 0 Å². The molecule has 0 bridgehead atoms. The molecule has 0 fully saturated rings. The van der Waals surface area contributed by atoms with Crippen molar-refractivity contribution >= 4 is 5.91 Å². The van der Waals surface area contributed by atoms with Gasteiger partial charge in [-0.3, -0.25) is 4.79 Å². The van der Waals surface area contributed by atoms with Crippen LogP contribution < -0.4 is 5.73 Å². The van der Waals surface area contributed by atoms with Crippen LogP contribution in [0.5, 0.6) is 0 Å². The largest absolute Gasteiger partial charge is 0.369 e. The highest BCUT2D eigenvalue weighted by molar-refractivity contribution is 5.79. The number of carbonyl (C=O) groups is 1. The van der Waals surface area contributed by atoms with Crippen molar-refractivity contribution in [3.8, 4) is 0 Å². The molecule has 0 aliphatic carbocycles. The number of allylic oxidation sites excluding steroid dienone is 2. The van der Waals surface area contributed by atoms with Crippen molar-refractivity contribution in [2.45, 2.75) is 117 Å². The number of amides is 1. The molecule has 2 N–H and O–H groups in total. The Morgan fingerprint density at radius 1 is 0.750 bits per heavy atom. The zero-order valence-corrected chi connectivity index (χ0v) is 16.7. The SMILES string of the molecule is CCCCCCCCC=CCCCCCCCCC(C)(C)C(N)=O. The van der Waals surface area contributed by atoms with Crippen LogP contribution >= 0.6 is 0 Å². The van der Waals surface area contributed by atoms with Crippen LogP contribution in [0, 0.1) is 5.41 Å². The van der Waals surface area contributed by atoms with E-state index >= 15 is 0 Å². The molecule has 2 heteroatoms. The average molecular weight is 338 g/mol. The van der Waals surface area contributed by atoms with Gasteiger partial charge in [0, 0.05) is 5.41 Å². The molecule has 0 aliphatic heterocycles. The minimum Gasteiger partial charge on any atom is -0.369 e. The van der Waals surface area contributed by atoms with Crippen molar-refractivity contribution in [2.75, 3.05) is 0 Å². The summed E-state index contributed by atoms with van der Waals surface area (Å²) >= 11 is 0. The highest BCUT2D eigenvalue weighted by atomic mass is 16.1. The summed E-state index contributed by atoms with van der Waals surface area (Å²) in [6.45, 7) is 6.17. The minimum absolute atomic E-state index is 0.171. The van der Waals surface area contributed by atoms with E-state index < -0.39 is 0 Å². The predicted molar refractivity (Wildman–Crippen MR) is 107 cm³/mol. The van der Waals surface area contributed by atoms with Crippen LogP contribution in [0.4, 0.5) is 0 Å². The number of unbranched alkanes of at least 4 members (excludes halogenated alkanes) is 12. The van der Waals surface area contributed by atoms with E-state index in [1.54, 1.807) is 0 Å². The van der Waals surface area contributed by atoms with Gasteiger partial charge in [-0.05, 0) is 32.1 Å². The first-order valence-corrected chi connectivity index (χ1v) is 10.5. The maximum absolute atomic E-state index is 11.2. The average Bonchev–Trinajstić information content (AvgIpc) is 2.54. The molecule has 0 heterocycles. The Labute approximate surface area is 151 Å². The van der Waals surface area contributed by atoms with Gasteiger partial charge in [0.05, 0.1) is 0 Å². The van der Waals surface area contributed by atoms with Crippen molar-refractivity contribution in [1.82, 2.24) is 0 Å². The number of carbonyl (C=O) groups excluding carboxylic acids is 1. The van der Waals surface area contributed by atoms with Gasteiger partial charge in [-0.15, -0.1) is 0 Å². The molecule has 0 saturated heterocycles. The summed E-state index contributed by atoms with van der Waals surface area (Å²) < 4.78 is 0. The molecule has 1 amide bonds. The molecule has 0 atom stereocenters. The molecule has 0 aliphatic rings.